The molecule has 0 spiro atoms. The molecule has 0 bridgehead atoms. The van der Waals surface area contributed by atoms with Gasteiger partial charge >= 0.3 is 5.97 Å². The maximum atomic E-state index is 11.2. The van der Waals surface area contributed by atoms with Crippen molar-refractivity contribution in [3.8, 4) is 5.75 Å². The van der Waals surface area contributed by atoms with E-state index >= 15 is 0 Å². The zero-order valence-electron chi connectivity index (χ0n) is 17.6. The molecule has 3 heteroatoms. The minimum atomic E-state index is -0.598. The zero-order valence-corrected chi connectivity index (χ0v) is 17.6. The molecule has 2 aliphatic carbocycles. The van der Waals surface area contributed by atoms with Crippen LogP contribution in [0.1, 0.15) is 102 Å². The molecule has 3 rings (SSSR count). The van der Waals surface area contributed by atoms with Crippen molar-refractivity contribution < 1.29 is 15.0 Å². The Kier molecular flexibility index (Phi) is 7.06. The Morgan fingerprint density at radius 2 is 1.46 bits per heavy atom. The fraction of sp³-hybridized carbons (Fsp3) is 0.720. The second kappa shape index (κ2) is 9.33. The van der Waals surface area contributed by atoms with Crippen LogP contribution >= 0.6 is 0 Å². The lowest BCUT2D eigenvalue weighted by molar-refractivity contribution is -0.143. The molecule has 3 nitrogen and oxygen atoms in total. The third kappa shape index (κ3) is 6.25. The van der Waals surface area contributed by atoms with Gasteiger partial charge in [0.1, 0.15) is 5.75 Å². The van der Waals surface area contributed by atoms with Crippen LogP contribution in [0.15, 0.2) is 18.2 Å². The van der Waals surface area contributed by atoms with E-state index < -0.39 is 5.97 Å². The van der Waals surface area contributed by atoms with Gasteiger partial charge in [-0.05, 0) is 92.9 Å². The third-order valence-electron chi connectivity index (χ3n) is 7.18. The number of aryl methyl sites for hydroxylation is 2. The highest BCUT2D eigenvalue weighted by molar-refractivity contribution is 5.77. The van der Waals surface area contributed by atoms with Gasteiger partial charge in [0.2, 0.25) is 0 Å². The SMILES string of the molecule is CC1(CCCCCCc2cc(O)ccc2CCCCCC2(C(=O)O)CC2)CC1. The van der Waals surface area contributed by atoms with Crippen molar-refractivity contribution in [2.24, 2.45) is 10.8 Å². The van der Waals surface area contributed by atoms with Gasteiger partial charge in [0, 0.05) is 0 Å². The summed E-state index contributed by atoms with van der Waals surface area (Å²) in [5, 5.41) is 19.1. The number of carboxylic acid groups (broad SMARTS) is 1. The topological polar surface area (TPSA) is 57.5 Å². The first-order valence-corrected chi connectivity index (χ1v) is 11.5. The Bertz CT molecular complexity index is 656. The normalized spacial score (nSPS) is 18.8. The Hall–Kier alpha value is -1.51. The van der Waals surface area contributed by atoms with Gasteiger partial charge in [-0.15, -0.1) is 0 Å². The number of rotatable bonds is 14. The highest BCUT2D eigenvalue weighted by Gasteiger charge is 2.49. The lowest BCUT2D eigenvalue weighted by atomic mass is 9.94. The van der Waals surface area contributed by atoms with Crippen molar-refractivity contribution in [1.29, 1.82) is 0 Å². The first-order valence-electron chi connectivity index (χ1n) is 11.5. The second-order valence-electron chi connectivity index (χ2n) is 9.82. The van der Waals surface area contributed by atoms with Crippen molar-refractivity contribution in [2.45, 2.75) is 103 Å². The molecule has 28 heavy (non-hydrogen) atoms. The van der Waals surface area contributed by atoms with Crippen LogP contribution in [0, 0.1) is 10.8 Å². The molecule has 0 atom stereocenters. The number of hydrogen-bond donors (Lipinski definition) is 2. The van der Waals surface area contributed by atoms with E-state index in [9.17, 15) is 15.0 Å². The molecular weight excluding hydrogens is 348 g/mol. The molecule has 0 aliphatic heterocycles. The average molecular weight is 387 g/mol. The molecular formula is C25H38O3. The minimum Gasteiger partial charge on any atom is -0.508 e. The molecule has 156 valence electrons. The molecule has 0 amide bonds. The number of phenolic OH excluding ortho intramolecular Hbond substituents is 1. The largest absolute Gasteiger partial charge is 0.508 e. The number of benzene rings is 1. The molecule has 2 fully saturated rings. The first kappa shape index (κ1) is 21.2. The molecule has 2 aliphatic rings. The van der Waals surface area contributed by atoms with E-state index in [1.165, 1.54) is 56.1 Å². The summed E-state index contributed by atoms with van der Waals surface area (Å²) in [7, 11) is 0. The fourth-order valence-corrected chi connectivity index (χ4v) is 4.45. The summed E-state index contributed by atoms with van der Waals surface area (Å²) < 4.78 is 0. The summed E-state index contributed by atoms with van der Waals surface area (Å²) in [5.41, 5.74) is 2.98. The summed E-state index contributed by atoms with van der Waals surface area (Å²) in [4.78, 5) is 11.2. The van der Waals surface area contributed by atoms with E-state index in [0.29, 0.717) is 11.2 Å². The van der Waals surface area contributed by atoms with Crippen LogP contribution in [0.25, 0.3) is 0 Å². The van der Waals surface area contributed by atoms with Gasteiger partial charge in [-0.25, -0.2) is 0 Å². The number of aromatic hydroxyl groups is 1. The highest BCUT2D eigenvalue weighted by Crippen LogP contribution is 2.50. The first-order chi connectivity index (χ1) is 13.4. The molecule has 0 unspecified atom stereocenters. The maximum absolute atomic E-state index is 11.2. The van der Waals surface area contributed by atoms with Crippen LogP contribution in [-0.4, -0.2) is 16.2 Å². The fourth-order valence-electron chi connectivity index (χ4n) is 4.45. The zero-order chi connectivity index (χ0) is 20.0. The summed E-state index contributed by atoms with van der Waals surface area (Å²) >= 11 is 0. The van der Waals surface area contributed by atoms with E-state index in [1.54, 1.807) is 6.07 Å². The van der Waals surface area contributed by atoms with Crippen LogP contribution in [0.5, 0.6) is 5.75 Å². The monoisotopic (exact) mass is 386 g/mol. The lowest BCUT2D eigenvalue weighted by Crippen LogP contribution is -2.14. The Labute approximate surface area is 170 Å². The number of carbonyl (C=O) groups is 1. The van der Waals surface area contributed by atoms with Gasteiger partial charge in [0.25, 0.3) is 0 Å². The number of carboxylic acids is 1. The molecule has 2 saturated carbocycles. The molecule has 0 aromatic heterocycles. The molecule has 0 heterocycles. The average Bonchev–Trinajstić information content (AvgIpc) is 3.57. The van der Waals surface area contributed by atoms with Crippen molar-refractivity contribution in [1.82, 2.24) is 0 Å². The maximum Gasteiger partial charge on any atom is 0.309 e. The predicted octanol–water partition coefficient (Wildman–Crippen LogP) is 6.65. The number of aliphatic carboxylic acids is 1. The Morgan fingerprint density at radius 1 is 0.857 bits per heavy atom. The van der Waals surface area contributed by atoms with Crippen LogP contribution in [-0.2, 0) is 17.6 Å². The van der Waals surface area contributed by atoms with Gasteiger partial charge in [-0.2, -0.15) is 0 Å². The van der Waals surface area contributed by atoms with Crippen molar-refractivity contribution in [3.05, 3.63) is 29.3 Å². The number of phenols is 1. The van der Waals surface area contributed by atoms with Crippen LogP contribution in [0.3, 0.4) is 0 Å². The molecule has 1 aromatic carbocycles. The molecule has 2 N–H and O–H groups in total. The summed E-state index contributed by atoms with van der Waals surface area (Å²) in [6, 6.07) is 5.83. The van der Waals surface area contributed by atoms with E-state index in [1.807, 2.05) is 6.07 Å². The summed E-state index contributed by atoms with van der Waals surface area (Å²) in [5.74, 6) is -0.225. The van der Waals surface area contributed by atoms with Crippen molar-refractivity contribution in [2.75, 3.05) is 0 Å². The molecule has 0 saturated heterocycles. The Balaban J connectivity index is 1.34. The van der Waals surface area contributed by atoms with Gasteiger partial charge < -0.3 is 10.2 Å². The van der Waals surface area contributed by atoms with E-state index in [4.69, 9.17) is 0 Å². The summed E-state index contributed by atoms with van der Waals surface area (Å²) in [6.07, 6.45) is 17.3. The van der Waals surface area contributed by atoms with E-state index in [0.717, 1.165) is 51.4 Å². The van der Waals surface area contributed by atoms with Gasteiger partial charge in [-0.1, -0.05) is 45.1 Å². The number of unbranched alkanes of at least 4 members (excludes halogenated alkanes) is 5. The molecule has 0 radical (unpaired) electrons. The molecule has 1 aromatic rings. The quantitative estimate of drug-likeness (QED) is 0.352. The predicted molar refractivity (Wildman–Crippen MR) is 114 cm³/mol. The smallest absolute Gasteiger partial charge is 0.309 e. The summed E-state index contributed by atoms with van der Waals surface area (Å²) in [6.45, 7) is 2.41. The van der Waals surface area contributed by atoms with Crippen LogP contribution < -0.4 is 0 Å². The van der Waals surface area contributed by atoms with Gasteiger partial charge in [0.15, 0.2) is 0 Å². The van der Waals surface area contributed by atoms with Crippen LogP contribution in [0.4, 0.5) is 0 Å². The highest BCUT2D eigenvalue weighted by atomic mass is 16.4. The van der Waals surface area contributed by atoms with Gasteiger partial charge in [0.05, 0.1) is 5.41 Å². The van der Waals surface area contributed by atoms with Gasteiger partial charge in [-0.3, -0.25) is 4.79 Å². The second-order valence-corrected chi connectivity index (χ2v) is 9.82. The number of hydrogen-bond acceptors (Lipinski definition) is 2. The van der Waals surface area contributed by atoms with E-state index in [2.05, 4.69) is 13.0 Å². The minimum absolute atomic E-state index is 0.373. The van der Waals surface area contributed by atoms with Crippen LogP contribution in [0.2, 0.25) is 0 Å². The Morgan fingerprint density at radius 3 is 2.11 bits per heavy atom. The van der Waals surface area contributed by atoms with Crippen molar-refractivity contribution >= 4 is 5.97 Å². The standard InChI is InChI=1S/C25H38O3/c1-24(15-16-24)13-7-3-2-5-10-21-19-22(26)12-11-20(21)9-6-4-8-14-25(17-18-25)23(27)28/h11-12,19,26H,2-10,13-18H2,1H3,(H,27,28). The lowest BCUT2D eigenvalue weighted by Gasteiger charge is -2.12. The third-order valence-corrected chi connectivity index (χ3v) is 7.18. The van der Waals surface area contributed by atoms with Crippen molar-refractivity contribution in [3.63, 3.8) is 0 Å². The van der Waals surface area contributed by atoms with E-state index in [-0.39, 0.29) is 5.41 Å².